The number of carbonyl (C=O) groups is 1. The Morgan fingerprint density at radius 3 is 2.28 bits per heavy atom. The summed E-state index contributed by atoms with van der Waals surface area (Å²) < 4.78 is 28.6. The predicted molar refractivity (Wildman–Crippen MR) is 141 cm³/mol. The van der Waals surface area contributed by atoms with E-state index < -0.39 is 0 Å². The molecule has 0 radical (unpaired) electrons. The van der Waals surface area contributed by atoms with Crippen LogP contribution in [0.1, 0.15) is 60.9 Å². The van der Waals surface area contributed by atoms with Crippen LogP contribution in [0.2, 0.25) is 0 Å². The molecule has 36 heavy (non-hydrogen) atoms. The summed E-state index contributed by atoms with van der Waals surface area (Å²) >= 11 is 0. The van der Waals surface area contributed by atoms with Gasteiger partial charge in [0, 0.05) is 19.1 Å². The van der Waals surface area contributed by atoms with Crippen LogP contribution in [0.25, 0.3) is 0 Å². The largest absolute Gasteiger partial charge is 0.494 e. The maximum Gasteiger partial charge on any atom is 0.343 e. The molecular weight excluding hydrogens is 456 g/mol. The predicted octanol–water partition coefficient (Wildman–Crippen LogP) is 6.52. The molecule has 2 aromatic rings. The number of hydrogen-bond acceptors (Lipinski definition) is 6. The van der Waals surface area contributed by atoms with E-state index in [1.54, 1.807) is 36.4 Å². The van der Waals surface area contributed by atoms with Crippen LogP contribution in [0.15, 0.2) is 61.2 Å². The van der Waals surface area contributed by atoms with E-state index in [4.69, 9.17) is 23.7 Å². The fourth-order valence-corrected chi connectivity index (χ4v) is 3.88. The summed E-state index contributed by atoms with van der Waals surface area (Å²) in [6.07, 6.45) is 8.78. The Labute approximate surface area is 215 Å². The van der Waals surface area contributed by atoms with Crippen molar-refractivity contribution in [3.05, 3.63) is 72.3 Å². The molecule has 1 aliphatic heterocycles. The van der Waals surface area contributed by atoms with Crippen LogP contribution in [0.3, 0.4) is 0 Å². The van der Waals surface area contributed by atoms with E-state index in [2.05, 4.69) is 6.58 Å². The van der Waals surface area contributed by atoms with Crippen molar-refractivity contribution in [2.45, 2.75) is 58.2 Å². The molecule has 6 nitrogen and oxygen atoms in total. The minimum absolute atomic E-state index is 0.109. The van der Waals surface area contributed by atoms with Gasteiger partial charge in [-0.2, -0.15) is 0 Å². The van der Waals surface area contributed by atoms with E-state index in [-0.39, 0.29) is 12.3 Å². The number of esters is 1. The molecule has 0 N–H and O–H groups in total. The Morgan fingerprint density at radius 1 is 0.889 bits per heavy atom. The van der Waals surface area contributed by atoms with E-state index in [1.165, 1.54) is 0 Å². The quantitative estimate of drug-likeness (QED) is 0.114. The van der Waals surface area contributed by atoms with Crippen molar-refractivity contribution < 1.29 is 28.5 Å². The highest BCUT2D eigenvalue weighted by Gasteiger charge is 2.21. The summed E-state index contributed by atoms with van der Waals surface area (Å²) in [5.74, 6) is 1.37. The highest BCUT2D eigenvalue weighted by Crippen LogP contribution is 2.21. The van der Waals surface area contributed by atoms with Crippen molar-refractivity contribution in [2.24, 2.45) is 5.92 Å². The lowest BCUT2D eigenvalue weighted by Crippen LogP contribution is -2.32. The minimum atomic E-state index is -0.381. The van der Waals surface area contributed by atoms with E-state index in [0.29, 0.717) is 23.8 Å². The molecular formula is C30H40O6. The van der Waals surface area contributed by atoms with Crippen LogP contribution < -0.4 is 9.47 Å². The fraction of sp³-hybridized carbons (Fsp3) is 0.500. The summed E-state index contributed by atoms with van der Waals surface area (Å²) in [6.45, 7) is 9.43. The highest BCUT2D eigenvalue weighted by atomic mass is 16.7. The van der Waals surface area contributed by atoms with Crippen LogP contribution in [0, 0.1) is 12.8 Å². The molecule has 0 aliphatic carbocycles. The van der Waals surface area contributed by atoms with Crippen molar-refractivity contribution in [1.29, 1.82) is 0 Å². The molecule has 1 heterocycles. The van der Waals surface area contributed by atoms with Crippen LogP contribution in [0.5, 0.6) is 11.5 Å². The molecule has 0 aromatic heterocycles. The van der Waals surface area contributed by atoms with Gasteiger partial charge in [-0.3, -0.25) is 0 Å². The second-order valence-electron chi connectivity index (χ2n) is 9.22. The average molecular weight is 497 g/mol. The van der Waals surface area contributed by atoms with Crippen LogP contribution in [0.4, 0.5) is 0 Å². The van der Waals surface area contributed by atoms with Crippen LogP contribution >= 0.6 is 0 Å². The molecule has 1 fully saturated rings. The van der Waals surface area contributed by atoms with Gasteiger partial charge in [-0.15, -0.1) is 6.58 Å². The van der Waals surface area contributed by atoms with Crippen molar-refractivity contribution in [2.75, 3.05) is 33.0 Å². The van der Waals surface area contributed by atoms with Crippen LogP contribution in [-0.4, -0.2) is 45.3 Å². The normalized spacial score (nSPS) is 17.5. The van der Waals surface area contributed by atoms with Gasteiger partial charge in [0.15, 0.2) is 6.29 Å². The van der Waals surface area contributed by atoms with Gasteiger partial charge >= 0.3 is 5.97 Å². The maximum absolute atomic E-state index is 12.3. The zero-order valence-corrected chi connectivity index (χ0v) is 21.5. The number of aryl methyl sites for hydroxylation is 1. The smallest absolute Gasteiger partial charge is 0.343 e. The summed E-state index contributed by atoms with van der Waals surface area (Å²) in [4.78, 5) is 12.3. The highest BCUT2D eigenvalue weighted by molar-refractivity contribution is 5.91. The first kappa shape index (κ1) is 27.9. The molecule has 6 heteroatoms. The number of rotatable bonds is 16. The maximum atomic E-state index is 12.3. The van der Waals surface area contributed by atoms with E-state index >= 15 is 0 Å². The first-order valence-corrected chi connectivity index (χ1v) is 13.1. The summed E-state index contributed by atoms with van der Waals surface area (Å²) in [5.41, 5.74) is 1.61. The Balaban J connectivity index is 1.21. The fourth-order valence-electron chi connectivity index (χ4n) is 3.88. The Bertz CT molecular complexity index is 885. The molecule has 2 aromatic carbocycles. The Hall–Kier alpha value is -2.67. The van der Waals surface area contributed by atoms with Crippen LogP contribution in [-0.2, 0) is 14.2 Å². The molecule has 0 spiro atoms. The molecule has 1 saturated heterocycles. The minimum Gasteiger partial charge on any atom is -0.494 e. The lowest BCUT2D eigenvalue weighted by molar-refractivity contribution is -0.204. The monoisotopic (exact) mass is 496 g/mol. The number of unbranched alkanes of at least 4 members (excludes halogenated alkanes) is 2. The van der Waals surface area contributed by atoms with Gasteiger partial charge in [-0.05, 0) is 81.8 Å². The first-order chi connectivity index (χ1) is 17.6. The molecule has 1 aliphatic rings. The third-order valence-electron chi connectivity index (χ3n) is 6.08. The average Bonchev–Trinajstić information content (AvgIpc) is 2.90. The third-order valence-corrected chi connectivity index (χ3v) is 6.08. The van der Waals surface area contributed by atoms with Crippen molar-refractivity contribution in [3.8, 4) is 11.5 Å². The summed E-state index contributed by atoms with van der Waals surface area (Å²) in [5, 5.41) is 0. The molecule has 3 rings (SSSR count). The molecule has 0 atom stereocenters. The van der Waals surface area contributed by atoms with E-state index in [1.807, 2.05) is 25.1 Å². The summed E-state index contributed by atoms with van der Waals surface area (Å²) in [7, 11) is 0. The zero-order chi connectivity index (χ0) is 25.4. The van der Waals surface area contributed by atoms with Gasteiger partial charge in [0.25, 0.3) is 0 Å². The van der Waals surface area contributed by atoms with E-state index in [9.17, 15) is 4.79 Å². The second kappa shape index (κ2) is 16.1. The first-order valence-electron chi connectivity index (χ1n) is 13.1. The second-order valence-corrected chi connectivity index (χ2v) is 9.22. The molecule has 0 amide bonds. The SMILES string of the molecule is C=CCCOCCCCC1COC(CCCCOc2ccc(C(=O)Oc3ccc(C)cc3)cc2)OC1. The van der Waals surface area contributed by atoms with Crippen molar-refractivity contribution >= 4 is 5.97 Å². The Morgan fingerprint density at radius 2 is 1.56 bits per heavy atom. The van der Waals surface area contributed by atoms with Crippen molar-refractivity contribution in [1.82, 2.24) is 0 Å². The topological polar surface area (TPSA) is 63.2 Å². The van der Waals surface area contributed by atoms with Gasteiger partial charge in [-0.1, -0.05) is 30.2 Å². The van der Waals surface area contributed by atoms with Gasteiger partial charge in [0.1, 0.15) is 11.5 Å². The molecule has 0 saturated carbocycles. The lowest BCUT2D eigenvalue weighted by Gasteiger charge is -2.29. The van der Waals surface area contributed by atoms with Gasteiger partial charge in [0.2, 0.25) is 0 Å². The summed E-state index contributed by atoms with van der Waals surface area (Å²) in [6, 6.07) is 14.4. The third kappa shape index (κ3) is 10.5. The standard InChI is InChI=1S/C30H40O6/c1-3-4-19-32-20-7-5-9-25-22-34-29(35-23-25)10-6-8-21-33-27-17-13-26(14-18-27)30(31)36-28-15-11-24(2)12-16-28/h3,11-18,25,29H,1,4-10,19-23H2,2H3. The molecule has 0 bridgehead atoms. The molecule has 196 valence electrons. The number of carbonyl (C=O) groups excluding carboxylic acids is 1. The zero-order valence-electron chi connectivity index (χ0n) is 21.5. The Kier molecular flexibility index (Phi) is 12.5. The number of benzene rings is 2. The van der Waals surface area contributed by atoms with Crippen molar-refractivity contribution in [3.63, 3.8) is 0 Å². The molecule has 0 unspecified atom stereocenters. The van der Waals surface area contributed by atoms with E-state index in [0.717, 1.165) is 82.7 Å². The lowest BCUT2D eigenvalue weighted by atomic mass is 10.0. The number of hydrogen-bond donors (Lipinski definition) is 0. The van der Waals surface area contributed by atoms with Gasteiger partial charge in [0.05, 0.1) is 25.4 Å². The van der Waals surface area contributed by atoms with Gasteiger partial charge in [-0.25, -0.2) is 4.79 Å². The number of ether oxygens (including phenoxy) is 5. The van der Waals surface area contributed by atoms with Gasteiger partial charge < -0.3 is 23.7 Å².